The highest BCUT2D eigenvalue weighted by molar-refractivity contribution is 5.99. The quantitative estimate of drug-likeness (QED) is 0.824. The maximum atomic E-state index is 12.6. The van der Waals surface area contributed by atoms with E-state index in [1.165, 1.54) is 25.3 Å². The number of halogens is 3. The number of ether oxygens (including phenoxy) is 1. The van der Waals surface area contributed by atoms with Crippen molar-refractivity contribution < 1.29 is 22.7 Å². The molecule has 0 amide bonds. The van der Waals surface area contributed by atoms with Crippen LogP contribution in [0.3, 0.4) is 0 Å². The van der Waals surface area contributed by atoms with Gasteiger partial charge in [0.15, 0.2) is 6.29 Å². The van der Waals surface area contributed by atoms with Gasteiger partial charge in [-0.3, -0.25) is 4.79 Å². The normalized spacial score (nSPS) is 11.8. The molecule has 1 aromatic heterocycles. The third kappa shape index (κ3) is 1.86. The lowest BCUT2D eigenvalue weighted by Gasteiger charge is -2.03. The lowest BCUT2D eigenvalue weighted by atomic mass is 10.1. The molecule has 1 N–H and O–H groups in total. The molecule has 0 atom stereocenters. The first-order valence-corrected chi connectivity index (χ1v) is 4.69. The van der Waals surface area contributed by atoms with E-state index in [1.54, 1.807) is 0 Å². The van der Waals surface area contributed by atoms with E-state index in [-0.39, 0.29) is 22.8 Å². The largest absolute Gasteiger partial charge is 0.497 e. The second kappa shape index (κ2) is 3.80. The van der Waals surface area contributed by atoms with Gasteiger partial charge in [-0.15, -0.1) is 0 Å². The minimum Gasteiger partial charge on any atom is -0.497 e. The van der Waals surface area contributed by atoms with Crippen molar-refractivity contribution in [1.82, 2.24) is 4.98 Å². The predicted molar refractivity (Wildman–Crippen MR) is 55.2 cm³/mol. The lowest BCUT2D eigenvalue weighted by Crippen LogP contribution is -2.08. The minimum absolute atomic E-state index is 0.203. The molecule has 0 aliphatic carbocycles. The van der Waals surface area contributed by atoms with Crippen LogP contribution in [0.2, 0.25) is 0 Å². The van der Waals surface area contributed by atoms with Gasteiger partial charge in [-0.25, -0.2) is 0 Å². The van der Waals surface area contributed by atoms with E-state index >= 15 is 0 Å². The summed E-state index contributed by atoms with van der Waals surface area (Å²) in [6.45, 7) is 0. The summed E-state index contributed by atoms with van der Waals surface area (Å²) in [5, 5.41) is 0.230. The third-order valence-corrected chi connectivity index (χ3v) is 2.45. The Labute approximate surface area is 94.2 Å². The number of hydrogen-bond donors (Lipinski definition) is 1. The molecule has 0 saturated carbocycles. The standard InChI is InChI=1S/C11H8F3NO2/c1-17-6-2-3-7-8(5-16)10(11(12,13)14)15-9(7)4-6/h2-5,15H,1H3. The highest BCUT2D eigenvalue weighted by atomic mass is 19.4. The van der Waals surface area contributed by atoms with Gasteiger partial charge in [0.1, 0.15) is 11.4 Å². The Kier molecular flexibility index (Phi) is 2.57. The number of alkyl halides is 3. The van der Waals surface area contributed by atoms with Crippen molar-refractivity contribution >= 4 is 17.2 Å². The van der Waals surface area contributed by atoms with Crippen molar-refractivity contribution in [2.45, 2.75) is 6.18 Å². The van der Waals surface area contributed by atoms with Gasteiger partial charge in [-0.1, -0.05) is 0 Å². The molecule has 3 nitrogen and oxygen atoms in total. The van der Waals surface area contributed by atoms with Crippen molar-refractivity contribution in [1.29, 1.82) is 0 Å². The summed E-state index contributed by atoms with van der Waals surface area (Å²) in [6.07, 6.45) is -4.38. The van der Waals surface area contributed by atoms with Crippen LogP contribution in [0, 0.1) is 0 Å². The van der Waals surface area contributed by atoms with E-state index in [9.17, 15) is 18.0 Å². The molecule has 2 rings (SSSR count). The van der Waals surface area contributed by atoms with Crippen molar-refractivity contribution in [2.24, 2.45) is 0 Å². The van der Waals surface area contributed by atoms with Crippen molar-refractivity contribution in [2.75, 3.05) is 7.11 Å². The molecular weight excluding hydrogens is 235 g/mol. The summed E-state index contributed by atoms with van der Waals surface area (Å²) < 4.78 is 42.8. The topological polar surface area (TPSA) is 42.1 Å². The third-order valence-electron chi connectivity index (χ3n) is 2.45. The zero-order valence-corrected chi connectivity index (χ0v) is 8.76. The predicted octanol–water partition coefficient (Wildman–Crippen LogP) is 3.01. The van der Waals surface area contributed by atoms with Gasteiger partial charge in [0, 0.05) is 11.5 Å². The molecular formula is C11H8F3NO2. The van der Waals surface area contributed by atoms with E-state index in [4.69, 9.17) is 4.74 Å². The molecule has 1 aromatic carbocycles. The molecule has 2 aromatic rings. The number of H-pyrrole nitrogens is 1. The number of aldehydes is 1. The van der Waals surface area contributed by atoms with E-state index < -0.39 is 11.9 Å². The van der Waals surface area contributed by atoms with Gasteiger partial charge >= 0.3 is 6.18 Å². The van der Waals surface area contributed by atoms with Crippen LogP contribution in [0.5, 0.6) is 5.75 Å². The van der Waals surface area contributed by atoms with Crippen LogP contribution in [-0.4, -0.2) is 18.4 Å². The molecule has 90 valence electrons. The smallest absolute Gasteiger partial charge is 0.431 e. The van der Waals surface area contributed by atoms with Crippen LogP contribution in [0.15, 0.2) is 18.2 Å². The molecule has 0 fully saturated rings. The fourth-order valence-electron chi connectivity index (χ4n) is 1.67. The lowest BCUT2D eigenvalue weighted by molar-refractivity contribution is -0.140. The van der Waals surface area contributed by atoms with Gasteiger partial charge < -0.3 is 9.72 Å². The Bertz CT molecular complexity index is 572. The fourth-order valence-corrected chi connectivity index (χ4v) is 1.67. The number of rotatable bonds is 2. The molecule has 0 radical (unpaired) electrons. The summed E-state index contributed by atoms with van der Waals surface area (Å²) in [7, 11) is 1.41. The Balaban J connectivity index is 2.74. The van der Waals surface area contributed by atoms with Crippen LogP contribution in [-0.2, 0) is 6.18 Å². The Hall–Kier alpha value is -1.98. The zero-order chi connectivity index (χ0) is 12.6. The van der Waals surface area contributed by atoms with Crippen molar-refractivity contribution in [3.8, 4) is 5.75 Å². The number of benzene rings is 1. The molecule has 0 aliphatic heterocycles. The van der Waals surface area contributed by atoms with Crippen LogP contribution >= 0.6 is 0 Å². The second-order valence-electron chi connectivity index (χ2n) is 3.44. The van der Waals surface area contributed by atoms with E-state index in [0.29, 0.717) is 5.75 Å². The fraction of sp³-hybridized carbons (Fsp3) is 0.182. The highest BCUT2D eigenvalue weighted by Gasteiger charge is 2.36. The summed E-state index contributed by atoms with van der Waals surface area (Å²) in [5.41, 5.74) is -1.19. The first kappa shape index (κ1) is 11.5. The number of nitrogens with one attached hydrogen (secondary N) is 1. The maximum absolute atomic E-state index is 12.6. The Morgan fingerprint density at radius 1 is 1.35 bits per heavy atom. The van der Waals surface area contributed by atoms with Gasteiger partial charge in [0.05, 0.1) is 18.2 Å². The second-order valence-corrected chi connectivity index (χ2v) is 3.44. The summed E-state index contributed by atoms with van der Waals surface area (Å²) in [6, 6.07) is 4.34. The van der Waals surface area contributed by atoms with Crippen molar-refractivity contribution in [3.63, 3.8) is 0 Å². The molecule has 1 heterocycles. The molecule has 0 unspecified atom stereocenters. The number of methoxy groups -OCH3 is 1. The molecule has 0 bridgehead atoms. The number of carbonyl (C=O) groups excluding carboxylic acids is 1. The Morgan fingerprint density at radius 2 is 2.06 bits per heavy atom. The average molecular weight is 243 g/mol. The first-order valence-electron chi connectivity index (χ1n) is 4.69. The summed E-state index contributed by atoms with van der Waals surface area (Å²) in [5.74, 6) is 0.421. The summed E-state index contributed by atoms with van der Waals surface area (Å²) in [4.78, 5) is 12.9. The van der Waals surface area contributed by atoms with Gasteiger partial charge in [-0.2, -0.15) is 13.2 Å². The first-order chi connectivity index (χ1) is 7.97. The van der Waals surface area contributed by atoms with E-state index in [0.717, 1.165) is 0 Å². The number of aromatic nitrogens is 1. The van der Waals surface area contributed by atoms with Gasteiger partial charge in [0.25, 0.3) is 0 Å². The molecule has 0 aliphatic rings. The number of fused-ring (bicyclic) bond motifs is 1. The average Bonchev–Trinajstić information content (AvgIpc) is 2.65. The van der Waals surface area contributed by atoms with Crippen LogP contribution in [0.25, 0.3) is 10.9 Å². The number of carbonyl (C=O) groups is 1. The highest BCUT2D eigenvalue weighted by Crippen LogP contribution is 2.35. The SMILES string of the molecule is COc1ccc2c(C=O)c(C(F)(F)F)[nH]c2c1. The van der Waals surface area contributed by atoms with Gasteiger partial charge in [-0.05, 0) is 12.1 Å². The van der Waals surface area contributed by atoms with E-state index in [1.807, 2.05) is 0 Å². The molecule has 6 heteroatoms. The minimum atomic E-state index is -4.58. The summed E-state index contributed by atoms with van der Waals surface area (Å²) >= 11 is 0. The van der Waals surface area contributed by atoms with Crippen LogP contribution in [0.1, 0.15) is 16.1 Å². The Morgan fingerprint density at radius 3 is 2.59 bits per heavy atom. The maximum Gasteiger partial charge on any atom is 0.431 e. The zero-order valence-electron chi connectivity index (χ0n) is 8.76. The number of aromatic amines is 1. The monoisotopic (exact) mass is 243 g/mol. The van der Waals surface area contributed by atoms with Crippen LogP contribution in [0.4, 0.5) is 13.2 Å². The molecule has 0 saturated heterocycles. The molecule has 0 spiro atoms. The van der Waals surface area contributed by atoms with E-state index in [2.05, 4.69) is 4.98 Å². The number of hydrogen-bond acceptors (Lipinski definition) is 2. The molecule has 17 heavy (non-hydrogen) atoms. The van der Waals surface area contributed by atoms with Crippen molar-refractivity contribution in [3.05, 3.63) is 29.5 Å². The van der Waals surface area contributed by atoms with Crippen LogP contribution < -0.4 is 4.74 Å². The van der Waals surface area contributed by atoms with Gasteiger partial charge in [0.2, 0.25) is 0 Å².